The largest absolute Gasteiger partial charge is 0.346 e. The van der Waals surface area contributed by atoms with E-state index in [0.29, 0.717) is 13.1 Å². The van der Waals surface area contributed by atoms with Crippen molar-refractivity contribution < 1.29 is 8.42 Å². The van der Waals surface area contributed by atoms with Gasteiger partial charge in [0.1, 0.15) is 0 Å². The first-order valence-corrected chi connectivity index (χ1v) is 11.8. The van der Waals surface area contributed by atoms with E-state index in [4.69, 9.17) is 0 Å². The second-order valence-electron chi connectivity index (χ2n) is 7.48. The van der Waals surface area contributed by atoms with Crippen molar-refractivity contribution in [1.82, 2.24) is 8.87 Å². The number of sulfonamides is 1. The van der Waals surface area contributed by atoms with Gasteiger partial charge in [-0.15, -0.1) is 0 Å². The van der Waals surface area contributed by atoms with Gasteiger partial charge in [0, 0.05) is 25.0 Å². The van der Waals surface area contributed by atoms with E-state index in [2.05, 4.69) is 30.5 Å². The van der Waals surface area contributed by atoms with Crippen LogP contribution in [0.3, 0.4) is 0 Å². The molecule has 0 N–H and O–H groups in total. The topological polar surface area (TPSA) is 42.3 Å². The molecule has 0 radical (unpaired) electrons. The van der Waals surface area contributed by atoms with Gasteiger partial charge in [0.05, 0.1) is 12.3 Å². The normalized spacial score (nSPS) is 11.8. The molecular weight excluding hydrogens is 380 g/mol. The van der Waals surface area contributed by atoms with Crippen LogP contribution in [0.1, 0.15) is 42.1 Å². The number of nitrogens with zero attached hydrogens (tertiary/aromatic N) is 2. The van der Waals surface area contributed by atoms with Crippen LogP contribution in [0.4, 0.5) is 0 Å². The first-order chi connectivity index (χ1) is 14.0. The zero-order chi connectivity index (χ0) is 20.7. The maximum absolute atomic E-state index is 13.2. The number of rotatable bonds is 10. The summed E-state index contributed by atoms with van der Waals surface area (Å²) >= 11 is 0. The molecule has 0 aliphatic carbocycles. The van der Waals surface area contributed by atoms with Crippen molar-refractivity contribution in [3.8, 4) is 0 Å². The molecule has 2 aromatic carbocycles. The molecule has 3 aromatic rings. The van der Waals surface area contributed by atoms with Crippen molar-refractivity contribution in [3.05, 3.63) is 95.3 Å². The SMILES string of the molecule is CCCCN(Cc1cccn1Cc1ccccc1C)S(=O)(=O)Cc1ccccc1. The minimum absolute atomic E-state index is 0.0378. The summed E-state index contributed by atoms with van der Waals surface area (Å²) in [6.45, 7) is 5.88. The van der Waals surface area contributed by atoms with E-state index in [1.807, 2.05) is 60.8 Å². The fourth-order valence-corrected chi connectivity index (χ4v) is 4.96. The van der Waals surface area contributed by atoms with E-state index >= 15 is 0 Å². The number of aryl methyl sites for hydroxylation is 1. The molecule has 154 valence electrons. The number of hydrogen-bond donors (Lipinski definition) is 0. The van der Waals surface area contributed by atoms with Crippen LogP contribution in [0.2, 0.25) is 0 Å². The molecule has 5 heteroatoms. The predicted octanol–water partition coefficient (Wildman–Crippen LogP) is 4.98. The lowest BCUT2D eigenvalue weighted by atomic mass is 10.1. The Labute approximate surface area is 174 Å². The summed E-state index contributed by atoms with van der Waals surface area (Å²) in [4.78, 5) is 0. The lowest BCUT2D eigenvalue weighted by Gasteiger charge is -2.23. The van der Waals surface area contributed by atoms with Crippen molar-refractivity contribution in [2.75, 3.05) is 6.54 Å². The molecule has 29 heavy (non-hydrogen) atoms. The summed E-state index contributed by atoms with van der Waals surface area (Å²) in [5.41, 5.74) is 4.33. The first kappa shape index (κ1) is 21.3. The zero-order valence-corrected chi connectivity index (χ0v) is 18.1. The molecular formula is C24H30N2O2S. The van der Waals surface area contributed by atoms with E-state index in [1.54, 1.807) is 4.31 Å². The Morgan fingerprint density at radius 3 is 2.38 bits per heavy atom. The van der Waals surface area contributed by atoms with E-state index < -0.39 is 10.0 Å². The Morgan fingerprint density at radius 2 is 1.66 bits per heavy atom. The highest BCUT2D eigenvalue weighted by Gasteiger charge is 2.23. The molecule has 4 nitrogen and oxygen atoms in total. The third kappa shape index (κ3) is 5.81. The van der Waals surface area contributed by atoms with Gasteiger partial charge in [-0.25, -0.2) is 8.42 Å². The molecule has 3 rings (SSSR count). The molecule has 0 spiro atoms. The molecule has 0 aliphatic rings. The summed E-state index contributed by atoms with van der Waals surface area (Å²) in [7, 11) is -3.40. The van der Waals surface area contributed by atoms with Gasteiger partial charge < -0.3 is 4.57 Å². The smallest absolute Gasteiger partial charge is 0.218 e. The second kappa shape index (κ2) is 9.90. The van der Waals surface area contributed by atoms with Crippen LogP contribution >= 0.6 is 0 Å². The molecule has 0 aliphatic heterocycles. The second-order valence-corrected chi connectivity index (χ2v) is 9.45. The molecule has 1 aromatic heterocycles. The molecule has 0 saturated heterocycles. The van der Waals surface area contributed by atoms with Crippen molar-refractivity contribution in [2.45, 2.75) is 45.5 Å². The third-order valence-corrected chi connectivity index (χ3v) is 7.01. The summed E-state index contributed by atoms with van der Waals surface area (Å²) in [6.07, 6.45) is 3.84. The third-order valence-electron chi connectivity index (χ3n) is 5.21. The molecule has 0 amide bonds. The number of aromatic nitrogens is 1. The van der Waals surface area contributed by atoms with Gasteiger partial charge in [-0.05, 0) is 42.2 Å². The minimum Gasteiger partial charge on any atom is -0.346 e. The standard InChI is InChI=1S/C24H30N2O2S/c1-3-4-17-26(29(27,28)20-22-12-6-5-7-13-22)19-24-15-10-16-25(24)18-23-14-9-8-11-21(23)2/h5-16H,3-4,17-20H2,1-2H3. The van der Waals surface area contributed by atoms with Crippen LogP contribution in [-0.4, -0.2) is 23.8 Å². The Bertz CT molecular complexity index is 1010. The first-order valence-electron chi connectivity index (χ1n) is 10.2. The highest BCUT2D eigenvalue weighted by atomic mass is 32.2. The molecule has 0 bridgehead atoms. The zero-order valence-electron chi connectivity index (χ0n) is 17.3. The van der Waals surface area contributed by atoms with Gasteiger partial charge in [0.25, 0.3) is 0 Å². The molecule has 0 fully saturated rings. The summed E-state index contributed by atoms with van der Waals surface area (Å²) in [5.74, 6) is 0.0378. The van der Waals surface area contributed by atoms with Gasteiger partial charge in [0.2, 0.25) is 10.0 Å². The maximum Gasteiger partial charge on any atom is 0.218 e. The maximum atomic E-state index is 13.2. The quantitative estimate of drug-likeness (QED) is 0.473. The van der Waals surface area contributed by atoms with Crippen molar-refractivity contribution in [2.24, 2.45) is 0 Å². The summed E-state index contributed by atoms with van der Waals surface area (Å²) in [5, 5.41) is 0. The number of hydrogen-bond acceptors (Lipinski definition) is 2. The minimum atomic E-state index is -3.40. The summed E-state index contributed by atoms with van der Waals surface area (Å²) < 4.78 is 30.1. The average Bonchev–Trinajstić information content (AvgIpc) is 3.14. The predicted molar refractivity (Wildman–Crippen MR) is 119 cm³/mol. The van der Waals surface area contributed by atoms with Crippen LogP contribution in [0.25, 0.3) is 0 Å². The molecule has 0 saturated carbocycles. The van der Waals surface area contributed by atoms with E-state index in [0.717, 1.165) is 30.6 Å². The van der Waals surface area contributed by atoms with E-state index in [9.17, 15) is 8.42 Å². The van der Waals surface area contributed by atoms with Gasteiger partial charge in [-0.1, -0.05) is 67.9 Å². The lowest BCUT2D eigenvalue weighted by molar-refractivity contribution is 0.388. The van der Waals surface area contributed by atoms with Gasteiger partial charge in [-0.2, -0.15) is 4.31 Å². The highest BCUT2D eigenvalue weighted by Crippen LogP contribution is 2.18. The molecule has 0 unspecified atom stereocenters. The van der Waals surface area contributed by atoms with Crippen LogP contribution in [0.5, 0.6) is 0 Å². The van der Waals surface area contributed by atoms with Crippen LogP contribution < -0.4 is 0 Å². The Balaban J connectivity index is 1.81. The molecule has 1 heterocycles. The molecule has 0 atom stereocenters. The fourth-order valence-electron chi connectivity index (χ4n) is 3.43. The van der Waals surface area contributed by atoms with E-state index in [1.165, 1.54) is 11.1 Å². The Kier molecular flexibility index (Phi) is 7.29. The van der Waals surface area contributed by atoms with Crippen LogP contribution in [0.15, 0.2) is 72.9 Å². The van der Waals surface area contributed by atoms with Crippen molar-refractivity contribution >= 4 is 10.0 Å². The van der Waals surface area contributed by atoms with Gasteiger partial charge in [0.15, 0.2) is 0 Å². The van der Waals surface area contributed by atoms with Crippen molar-refractivity contribution in [3.63, 3.8) is 0 Å². The summed E-state index contributed by atoms with van der Waals surface area (Å²) in [6, 6.07) is 21.8. The fraction of sp³-hybridized carbons (Fsp3) is 0.333. The van der Waals surface area contributed by atoms with Crippen LogP contribution in [0, 0.1) is 6.92 Å². The lowest BCUT2D eigenvalue weighted by Crippen LogP contribution is -2.33. The number of unbranched alkanes of at least 4 members (excludes halogenated alkanes) is 1. The Hall–Kier alpha value is -2.37. The number of benzene rings is 2. The highest BCUT2D eigenvalue weighted by molar-refractivity contribution is 7.88. The van der Waals surface area contributed by atoms with Gasteiger partial charge in [-0.3, -0.25) is 0 Å². The van der Waals surface area contributed by atoms with Gasteiger partial charge >= 0.3 is 0 Å². The average molecular weight is 411 g/mol. The van der Waals surface area contributed by atoms with E-state index in [-0.39, 0.29) is 5.75 Å². The monoisotopic (exact) mass is 410 g/mol. The van der Waals surface area contributed by atoms with Crippen LogP contribution in [-0.2, 0) is 28.9 Å². The Morgan fingerprint density at radius 1 is 0.931 bits per heavy atom. The van der Waals surface area contributed by atoms with Crippen molar-refractivity contribution in [1.29, 1.82) is 0 Å².